The number of benzene rings is 1. The maximum absolute atomic E-state index is 5.29. The Morgan fingerprint density at radius 3 is 2.56 bits per heavy atom. The van der Waals surface area contributed by atoms with Crippen molar-refractivity contribution in [1.82, 2.24) is 10.6 Å². The second-order valence-electron chi connectivity index (χ2n) is 3.83. The molecule has 0 aromatic heterocycles. The van der Waals surface area contributed by atoms with E-state index >= 15 is 0 Å². The van der Waals surface area contributed by atoms with Crippen molar-refractivity contribution >= 4 is 0 Å². The first kappa shape index (κ1) is 11.2. The van der Waals surface area contributed by atoms with Crippen LogP contribution in [0.25, 0.3) is 0 Å². The van der Waals surface area contributed by atoms with Crippen molar-refractivity contribution in [2.45, 2.75) is 6.04 Å². The zero-order valence-corrected chi connectivity index (χ0v) is 9.75. The molecule has 1 atom stereocenters. The zero-order chi connectivity index (χ0) is 11.4. The molecular formula is C12H18N2O2. The van der Waals surface area contributed by atoms with Crippen molar-refractivity contribution in [2.75, 3.05) is 33.9 Å². The maximum Gasteiger partial charge on any atom is 0.161 e. The summed E-state index contributed by atoms with van der Waals surface area (Å²) in [5.41, 5.74) is 1.23. The molecule has 16 heavy (non-hydrogen) atoms. The Hall–Kier alpha value is -1.26. The molecule has 4 heteroatoms. The van der Waals surface area contributed by atoms with E-state index in [-0.39, 0.29) is 0 Å². The van der Waals surface area contributed by atoms with E-state index in [1.807, 2.05) is 12.1 Å². The minimum atomic E-state index is 0.355. The SMILES string of the molecule is COc1ccc([C@@H]2CNCCN2)cc1OC. The van der Waals surface area contributed by atoms with Crippen LogP contribution in [0.15, 0.2) is 18.2 Å². The fraction of sp³-hybridized carbons (Fsp3) is 0.500. The standard InChI is InChI=1S/C12H18N2O2/c1-15-11-4-3-9(7-12(11)16-2)10-8-13-5-6-14-10/h3-4,7,10,13-14H,5-6,8H2,1-2H3/t10-/m0/s1. The molecule has 0 saturated carbocycles. The first-order chi connectivity index (χ1) is 7.85. The van der Waals surface area contributed by atoms with Crippen molar-refractivity contribution in [3.63, 3.8) is 0 Å². The normalized spacial score (nSPS) is 20.5. The molecule has 2 N–H and O–H groups in total. The van der Waals surface area contributed by atoms with E-state index in [0.29, 0.717) is 6.04 Å². The highest BCUT2D eigenvalue weighted by Crippen LogP contribution is 2.29. The minimum absolute atomic E-state index is 0.355. The van der Waals surface area contributed by atoms with Gasteiger partial charge in [0.05, 0.1) is 14.2 Å². The van der Waals surface area contributed by atoms with Crippen molar-refractivity contribution in [3.05, 3.63) is 23.8 Å². The van der Waals surface area contributed by atoms with Crippen LogP contribution in [0.3, 0.4) is 0 Å². The van der Waals surface area contributed by atoms with Gasteiger partial charge in [0.15, 0.2) is 11.5 Å². The van der Waals surface area contributed by atoms with Gasteiger partial charge in [-0.25, -0.2) is 0 Å². The molecule has 0 amide bonds. The van der Waals surface area contributed by atoms with Crippen LogP contribution in [0.4, 0.5) is 0 Å². The number of hydrogen-bond donors (Lipinski definition) is 2. The van der Waals surface area contributed by atoms with E-state index < -0.39 is 0 Å². The summed E-state index contributed by atoms with van der Waals surface area (Å²) in [5, 5.41) is 6.83. The van der Waals surface area contributed by atoms with Gasteiger partial charge in [0.1, 0.15) is 0 Å². The Morgan fingerprint density at radius 1 is 1.12 bits per heavy atom. The molecule has 0 radical (unpaired) electrons. The Morgan fingerprint density at radius 2 is 1.94 bits per heavy atom. The molecule has 2 rings (SSSR count). The number of ether oxygens (including phenoxy) is 2. The monoisotopic (exact) mass is 222 g/mol. The van der Waals surface area contributed by atoms with E-state index in [2.05, 4.69) is 16.7 Å². The molecule has 4 nitrogen and oxygen atoms in total. The maximum atomic E-state index is 5.29. The zero-order valence-electron chi connectivity index (χ0n) is 9.75. The Balaban J connectivity index is 2.20. The summed E-state index contributed by atoms with van der Waals surface area (Å²) in [5.74, 6) is 1.56. The summed E-state index contributed by atoms with van der Waals surface area (Å²) >= 11 is 0. The average Bonchev–Trinajstić information content (AvgIpc) is 2.39. The predicted octanol–water partition coefficient (Wildman–Crippen LogP) is 0.938. The van der Waals surface area contributed by atoms with Gasteiger partial charge in [-0.05, 0) is 17.7 Å². The Kier molecular flexibility index (Phi) is 3.64. The summed E-state index contributed by atoms with van der Waals surface area (Å²) in [4.78, 5) is 0. The molecule has 1 aliphatic rings. The molecule has 1 aliphatic heterocycles. The highest BCUT2D eigenvalue weighted by molar-refractivity contribution is 5.43. The quantitative estimate of drug-likeness (QED) is 0.798. The number of hydrogen-bond acceptors (Lipinski definition) is 4. The molecule has 1 saturated heterocycles. The average molecular weight is 222 g/mol. The molecule has 0 bridgehead atoms. The van der Waals surface area contributed by atoms with Gasteiger partial charge in [0.2, 0.25) is 0 Å². The van der Waals surface area contributed by atoms with E-state index in [9.17, 15) is 0 Å². The third-order valence-electron chi connectivity index (χ3n) is 2.85. The third-order valence-corrected chi connectivity index (χ3v) is 2.85. The summed E-state index contributed by atoms with van der Waals surface area (Å²) in [6, 6.07) is 6.41. The summed E-state index contributed by atoms with van der Waals surface area (Å²) in [6.07, 6.45) is 0. The Labute approximate surface area is 95.9 Å². The second kappa shape index (κ2) is 5.18. The van der Waals surface area contributed by atoms with Crippen LogP contribution in [-0.2, 0) is 0 Å². The smallest absolute Gasteiger partial charge is 0.161 e. The fourth-order valence-corrected chi connectivity index (χ4v) is 1.96. The third kappa shape index (κ3) is 2.28. The van der Waals surface area contributed by atoms with Crippen LogP contribution in [0.5, 0.6) is 11.5 Å². The predicted molar refractivity (Wildman–Crippen MR) is 63.2 cm³/mol. The molecule has 1 aromatic rings. The van der Waals surface area contributed by atoms with Gasteiger partial charge >= 0.3 is 0 Å². The second-order valence-corrected chi connectivity index (χ2v) is 3.83. The lowest BCUT2D eigenvalue weighted by Gasteiger charge is -2.25. The van der Waals surface area contributed by atoms with E-state index in [1.165, 1.54) is 5.56 Å². The van der Waals surface area contributed by atoms with Crippen LogP contribution >= 0.6 is 0 Å². The highest BCUT2D eigenvalue weighted by atomic mass is 16.5. The van der Waals surface area contributed by atoms with E-state index in [0.717, 1.165) is 31.1 Å². The lowest BCUT2D eigenvalue weighted by molar-refractivity contribution is 0.353. The molecule has 1 aromatic carbocycles. The minimum Gasteiger partial charge on any atom is -0.493 e. The Bertz CT molecular complexity index is 349. The van der Waals surface area contributed by atoms with Gasteiger partial charge in [0, 0.05) is 25.7 Å². The number of piperazine rings is 1. The van der Waals surface area contributed by atoms with Crippen LogP contribution in [0, 0.1) is 0 Å². The van der Waals surface area contributed by atoms with Crippen molar-refractivity contribution < 1.29 is 9.47 Å². The first-order valence-corrected chi connectivity index (χ1v) is 5.51. The van der Waals surface area contributed by atoms with Gasteiger partial charge in [0.25, 0.3) is 0 Å². The van der Waals surface area contributed by atoms with E-state index in [4.69, 9.17) is 9.47 Å². The van der Waals surface area contributed by atoms with Crippen LogP contribution < -0.4 is 20.1 Å². The van der Waals surface area contributed by atoms with Crippen LogP contribution in [0.1, 0.15) is 11.6 Å². The van der Waals surface area contributed by atoms with Crippen molar-refractivity contribution in [2.24, 2.45) is 0 Å². The highest BCUT2D eigenvalue weighted by Gasteiger charge is 2.15. The van der Waals surface area contributed by atoms with Crippen LogP contribution in [-0.4, -0.2) is 33.9 Å². The van der Waals surface area contributed by atoms with Gasteiger partial charge < -0.3 is 20.1 Å². The van der Waals surface area contributed by atoms with Crippen molar-refractivity contribution in [3.8, 4) is 11.5 Å². The summed E-state index contributed by atoms with van der Waals surface area (Å²) in [7, 11) is 3.31. The van der Waals surface area contributed by atoms with Gasteiger partial charge in [-0.1, -0.05) is 6.07 Å². The molecular weight excluding hydrogens is 204 g/mol. The molecule has 88 valence electrons. The fourth-order valence-electron chi connectivity index (χ4n) is 1.96. The van der Waals surface area contributed by atoms with E-state index in [1.54, 1.807) is 14.2 Å². The number of rotatable bonds is 3. The number of nitrogens with one attached hydrogen (secondary N) is 2. The van der Waals surface area contributed by atoms with Gasteiger partial charge in [-0.3, -0.25) is 0 Å². The molecule has 0 aliphatic carbocycles. The largest absolute Gasteiger partial charge is 0.493 e. The molecule has 1 fully saturated rings. The van der Waals surface area contributed by atoms with Gasteiger partial charge in [-0.2, -0.15) is 0 Å². The van der Waals surface area contributed by atoms with Gasteiger partial charge in [-0.15, -0.1) is 0 Å². The topological polar surface area (TPSA) is 42.5 Å². The lowest BCUT2D eigenvalue weighted by Crippen LogP contribution is -2.42. The van der Waals surface area contributed by atoms with Crippen molar-refractivity contribution in [1.29, 1.82) is 0 Å². The molecule has 0 spiro atoms. The first-order valence-electron chi connectivity index (χ1n) is 5.51. The summed E-state index contributed by atoms with van der Waals surface area (Å²) in [6.45, 7) is 2.98. The lowest BCUT2D eigenvalue weighted by atomic mass is 10.0. The molecule has 0 unspecified atom stereocenters. The molecule has 1 heterocycles. The van der Waals surface area contributed by atoms with Crippen LogP contribution in [0.2, 0.25) is 0 Å². The number of methoxy groups -OCH3 is 2. The summed E-state index contributed by atoms with van der Waals surface area (Å²) < 4.78 is 10.5.